The maximum absolute atomic E-state index is 6.16. The Morgan fingerprint density at radius 3 is 2.00 bits per heavy atom. The second kappa shape index (κ2) is 10.2. The zero-order valence-corrected chi connectivity index (χ0v) is 24.2. The highest BCUT2D eigenvalue weighted by Crippen LogP contribution is 2.40. The number of hydrogen-bond donors (Lipinski definition) is 0. The molecule has 0 aliphatic rings. The summed E-state index contributed by atoms with van der Waals surface area (Å²) >= 11 is 0. The predicted octanol–water partition coefficient (Wildman–Crippen LogP) is 11.7. The van der Waals surface area contributed by atoms with Crippen LogP contribution in [0.1, 0.15) is 0 Å². The fourth-order valence-corrected chi connectivity index (χ4v) is 6.29. The van der Waals surface area contributed by atoms with Gasteiger partial charge < -0.3 is 13.7 Å². The lowest BCUT2D eigenvalue weighted by molar-refractivity contribution is 0.620. The van der Waals surface area contributed by atoms with Gasteiger partial charge in [0, 0.05) is 39.0 Å². The number of fused-ring (bicyclic) bond motifs is 5. The van der Waals surface area contributed by atoms with Crippen molar-refractivity contribution in [3.63, 3.8) is 0 Å². The van der Waals surface area contributed by atoms with Gasteiger partial charge in [0.15, 0.2) is 5.58 Å². The second-order valence-corrected chi connectivity index (χ2v) is 11.2. The number of anilines is 3. The number of rotatable bonds is 5. The number of aromatic nitrogens is 1. The highest BCUT2D eigenvalue weighted by Gasteiger charge is 2.17. The molecule has 0 spiro atoms. The van der Waals surface area contributed by atoms with Gasteiger partial charge in [-0.05, 0) is 83.1 Å². The first-order valence-electron chi connectivity index (χ1n) is 15.0. The molecule has 2 heterocycles. The Bertz CT molecular complexity index is 2490. The smallest absolute Gasteiger partial charge is 0.227 e. The summed E-state index contributed by atoms with van der Waals surface area (Å²) in [6, 6.07) is 54.6. The van der Waals surface area contributed by atoms with Gasteiger partial charge in [-0.15, -0.1) is 0 Å². The van der Waals surface area contributed by atoms with Gasteiger partial charge in [0.2, 0.25) is 5.89 Å². The molecule has 0 fully saturated rings. The van der Waals surface area contributed by atoms with Crippen LogP contribution in [-0.4, -0.2) is 4.98 Å². The second-order valence-electron chi connectivity index (χ2n) is 11.2. The molecule has 0 aliphatic carbocycles. The Morgan fingerprint density at radius 2 is 1.11 bits per heavy atom. The molecule has 0 atom stereocenters. The van der Waals surface area contributed by atoms with Crippen LogP contribution in [-0.2, 0) is 0 Å². The lowest BCUT2D eigenvalue weighted by Crippen LogP contribution is -2.09. The van der Waals surface area contributed by atoms with Crippen molar-refractivity contribution in [2.45, 2.75) is 0 Å². The van der Waals surface area contributed by atoms with Crippen molar-refractivity contribution >= 4 is 60.9 Å². The quantitative estimate of drug-likeness (QED) is 0.204. The molecule has 0 amide bonds. The van der Waals surface area contributed by atoms with Crippen molar-refractivity contribution in [2.75, 3.05) is 4.90 Å². The Morgan fingerprint density at radius 1 is 0.422 bits per heavy atom. The van der Waals surface area contributed by atoms with Crippen LogP contribution in [0.4, 0.5) is 17.1 Å². The molecular formula is C41H26N2O2. The maximum atomic E-state index is 6.16. The molecule has 4 heteroatoms. The number of furan rings is 1. The minimum Gasteiger partial charge on any atom is -0.456 e. The number of nitrogens with zero attached hydrogens (tertiary/aromatic N) is 2. The summed E-state index contributed by atoms with van der Waals surface area (Å²) in [7, 11) is 0. The fraction of sp³-hybridized carbons (Fsp3) is 0. The third-order valence-electron chi connectivity index (χ3n) is 8.49. The van der Waals surface area contributed by atoms with E-state index in [0.29, 0.717) is 5.89 Å². The molecular weight excluding hydrogens is 552 g/mol. The van der Waals surface area contributed by atoms with Crippen LogP contribution < -0.4 is 4.90 Å². The SMILES string of the molecule is c1ccc(-c2nc3c(-c4ccc(N(c5ccc6ccccc6c5)c5ccc6oc7ccccc7c6c5)cc4)cccc3o2)cc1. The van der Waals surface area contributed by atoms with Crippen LogP contribution in [0, 0.1) is 0 Å². The Hall–Kier alpha value is -6.13. The molecule has 9 rings (SSSR count). The Labute approximate surface area is 259 Å². The summed E-state index contributed by atoms with van der Waals surface area (Å²) in [4.78, 5) is 7.21. The highest BCUT2D eigenvalue weighted by atomic mass is 16.3. The minimum absolute atomic E-state index is 0.624. The lowest BCUT2D eigenvalue weighted by atomic mass is 10.0. The average molecular weight is 579 g/mol. The van der Waals surface area contributed by atoms with Crippen LogP contribution in [0.3, 0.4) is 0 Å². The van der Waals surface area contributed by atoms with Crippen LogP contribution in [0.15, 0.2) is 167 Å². The summed E-state index contributed by atoms with van der Waals surface area (Å²) in [6.07, 6.45) is 0. The molecule has 2 aromatic heterocycles. The van der Waals surface area contributed by atoms with Crippen LogP contribution in [0.5, 0.6) is 0 Å². The van der Waals surface area contributed by atoms with Gasteiger partial charge >= 0.3 is 0 Å². The van der Waals surface area contributed by atoms with E-state index in [1.165, 1.54) is 10.8 Å². The Kier molecular flexibility index (Phi) is 5.78. The summed E-state index contributed by atoms with van der Waals surface area (Å²) in [5, 5.41) is 4.61. The summed E-state index contributed by atoms with van der Waals surface area (Å²) < 4.78 is 12.3. The normalized spacial score (nSPS) is 11.6. The standard InChI is InChI=1S/C41H26N2O2/c1-2-10-29(11-3-1)41-42-40-34(14-8-16-39(40)45-41)28-18-20-31(21-19-28)43(32-22-17-27-9-4-5-12-30(27)25-32)33-23-24-38-36(26-33)35-13-6-7-15-37(35)44-38/h1-26H. The van der Waals surface area contributed by atoms with Crippen molar-refractivity contribution in [2.24, 2.45) is 0 Å². The van der Waals surface area contributed by atoms with Crippen LogP contribution in [0.2, 0.25) is 0 Å². The molecule has 4 nitrogen and oxygen atoms in total. The van der Waals surface area contributed by atoms with Gasteiger partial charge in [-0.25, -0.2) is 4.98 Å². The van der Waals surface area contributed by atoms with Crippen LogP contribution >= 0.6 is 0 Å². The van der Waals surface area contributed by atoms with E-state index in [4.69, 9.17) is 13.8 Å². The van der Waals surface area contributed by atoms with Gasteiger partial charge in [0.05, 0.1) is 0 Å². The van der Waals surface area contributed by atoms with Gasteiger partial charge in [-0.2, -0.15) is 0 Å². The largest absolute Gasteiger partial charge is 0.456 e. The molecule has 0 N–H and O–H groups in total. The number of benzene rings is 7. The van der Waals surface area contributed by atoms with Gasteiger partial charge in [-0.3, -0.25) is 0 Å². The van der Waals surface area contributed by atoms with Crippen LogP contribution in [0.25, 0.3) is 66.4 Å². The molecule has 0 unspecified atom stereocenters. The van der Waals surface area contributed by atoms with E-state index in [1.54, 1.807) is 0 Å². The molecule has 0 aliphatic heterocycles. The summed E-state index contributed by atoms with van der Waals surface area (Å²) in [6.45, 7) is 0. The van der Waals surface area contributed by atoms with Gasteiger partial charge in [0.1, 0.15) is 16.7 Å². The van der Waals surface area contributed by atoms with Crippen molar-refractivity contribution in [1.29, 1.82) is 0 Å². The highest BCUT2D eigenvalue weighted by molar-refractivity contribution is 6.06. The van der Waals surface area contributed by atoms with E-state index in [1.807, 2.05) is 54.6 Å². The first-order chi connectivity index (χ1) is 22.3. The molecule has 7 aromatic carbocycles. The van der Waals surface area contributed by atoms with Gasteiger partial charge in [-0.1, -0.05) is 91.0 Å². The van der Waals surface area contributed by atoms with E-state index in [0.717, 1.165) is 66.8 Å². The van der Waals surface area contributed by atoms with Crippen molar-refractivity contribution in [1.82, 2.24) is 4.98 Å². The van der Waals surface area contributed by atoms with E-state index < -0.39 is 0 Å². The molecule has 0 radical (unpaired) electrons. The third-order valence-corrected chi connectivity index (χ3v) is 8.49. The van der Waals surface area contributed by atoms with Gasteiger partial charge in [0.25, 0.3) is 0 Å². The lowest BCUT2D eigenvalue weighted by Gasteiger charge is -2.26. The van der Waals surface area contributed by atoms with E-state index in [9.17, 15) is 0 Å². The van der Waals surface area contributed by atoms with E-state index in [-0.39, 0.29) is 0 Å². The van der Waals surface area contributed by atoms with Crippen molar-refractivity contribution in [3.8, 4) is 22.6 Å². The number of para-hydroxylation sites is 2. The van der Waals surface area contributed by atoms with Crippen molar-refractivity contribution in [3.05, 3.63) is 158 Å². The third kappa shape index (κ3) is 4.35. The zero-order chi connectivity index (χ0) is 29.7. The predicted molar refractivity (Wildman–Crippen MR) is 184 cm³/mol. The number of oxazole rings is 1. The molecule has 0 bridgehead atoms. The number of hydrogen-bond acceptors (Lipinski definition) is 4. The molecule has 9 aromatic rings. The summed E-state index contributed by atoms with van der Waals surface area (Å²) in [5.74, 6) is 0.624. The minimum atomic E-state index is 0.624. The molecule has 0 saturated carbocycles. The fourth-order valence-electron chi connectivity index (χ4n) is 6.29. The molecule has 0 saturated heterocycles. The Balaban J connectivity index is 1.17. The van der Waals surface area contributed by atoms with Crippen molar-refractivity contribution < 1.29 is 8.83 Å². The zero-order valence-electron chi connectivity index (χ0n) is 24.2. The monoisotopic (exact) mass is 578 g/mol. The average Bonchev–Trinajstić information content (AvgIpc) is 3.71. The maximum Gasteiger partial charge on any atom is 0.227 e. The first-order valence-corrected chi connectivity index (χ1v) is 15.0. The van der Waals surface area contributed by atoms with E-state index in [2.05, 4.69) is 108 Å². The summed E-state index contributed by atoms with van der Waals surface area (Å²) in [5.41, 5.74) is 9.67. The van der Waals surface area contributed by atoms with E-state index >= 15 is 0 Å². The molecule has 45 heavy (non-hydrogen) atoms. The first kappa shape index (κ1) is 25.4. The topological polar surface area (TPSA) is 42.4 Å². The molecule has 212 valence electrons.